The summed E-state index contributed by atoms with van der Waals surface area (Å²) in [5.74, 6) is 4.18. The average Bonchev–Trinajstić information content (AvgIpc) is 2.65. The Morgan fingerprint density at radius 3 is 2.67 bits per heavy atom. The van der Waals surface area contributed by atoms with E-state index in [2.05, 4.69) is 33.0 Å². The first-order valence-electron chi connectivity index (χ1n) is 9.32. The fourth-order valence-electron chi connectivity index (χ4n) is 5.16. The van der Waals surface area contributed by atoms with Crippen LogP contribution in [0.2, 0.25) is 0 Å². The fourth-order valence-corrected chi connectivity index (χ4v) is 5.16. The molecule has 0 spiro atoms. The van der Waals surface area contributed by atoms with Crippen molar-refractivity contribution in [2.45, 2.75) is 85.1 Å². The molecular formula is C19H35NO. The molecule has 1 amide bonds. The van der Waals surface area contributed by atoms with Crippen LogP contribution in [0.4, 0.5) is 0 Å². The first-order chi connectivity index (χ1) is 10.0. The van der Waals surface area contributed by atoms with E-state index < -0.39 is 0 Å². The van der Waals surface area contributed by atoms with Crippen LogP contribution in [0, 0.1) is 29.6 Å². The van der Waals surface area contributed by atoms with E-state index in [1.807, 2.05) is 0 Å². The van der Waals surface area contributed by atoms with Gasteiger partial charge < -0.3 is 5.32 Å². The summed E-state index contributed by atoms with van der Waals surface area (Å²) in [5, 5.41) is 3.21. The Balaban J connectivity index is 2.03. The van der Waals surface area contributed by atoms with Crippen LogP contribution in [0.3, 0.4) is 0 Å². The van der Waals surface area contributed by atoms with Crippen molar-refractivity contribution in [3.05, 3.63) is 0 Å². The molecular weight excluding hydrogens is 258 g/mol. The van der Waals surface area contributed by atoms with Crippen LogP contribution in [0.1, 0.15) is 79.1 Å². The minimum Gasteiger partial charge on any atom is -0.353 e. The summed E-state index contributed by atoms with van der Waals surface area (Å²) in [4.78, 5) is 11.7. The van der Waals surface area contributed by atoms with Crippen LogP contribution in [0.25, 0.3) is 0 Å². The Bertz CT molecular complexity index is 338. The molecule has 0 aromatic heterocycles. The summed E-state index contributed by atoms with van der Waals surface area (Å²) in [7, 11) is 0. The summed E-state index contributed by atoms with van der Waals surface area (Å²) in [6.07, 6.45) is 10.0. The molecule has 2 heteroatoms. The molecule has 5 atom stereocenters. The smallest absolute Gasteiger partial charge is 0.220 e. The second-order valence-corrected chi connectivity index (χ2v) is 8.01. The van der Waals surface area contributed by atoms with Gasteiger partial charge in [0.15, 0.2) is 0 Å². The Labute approximate surface area is 131 Å². The molecule has 1 aliphatic carbocycles. The average molecular weight is 293 g/mol. The number of amides is 1. The van der Waals surface area contributed by atoms with Crippen molar-refractivity contribution in [3.63, 3.8) is 0 Å². The molecule has 5 unspecified atom stereocenters. The molecule has 122 valence electrons. The standard InChI is InChI=1S/C19H35NO/c1-5-6-8-14(4)19(13(2)3)15-9-7-10-17-16(11-15)12-18(21)20-17/h13-17,19H,5-12H2,1-4H3,(H,20,21). The maximum atomic E-state index is 11.7. The Morgan fingerprint density at radius 2 is 2.00 bits per heavy atom. The molecule has 2 aliphatic rings. The molecule has 0 radical (unpaired) electrons. The number of carbonyl (C=O) groups excluding carboxylic acids is 1. The maximum absolute atomic E-state index is 11.7. The number of carbonyl (C=O) groups is 1. The van der Waals surface area contributed by atoms with Crippen molar-refractivity contribution in [1.82, 2.24) is 5.32 Å². The Kier molecular flexibility index (Phi) is 6.13. The van der Waals surface area contributed by atoms with Gasteiger partial charge in [-0.25, -0.2) is 0 Å². The van der Waals surface area contributed by atoms with Crippen molar-refractivity contribution in [2.75, 3.05) is 0 Å². The van der Waals surface area contributed by atoms with Crippen molar-refractivity contribution in [3.8, 4) is 0 Å². The summed E-state index contributed by atoms with van der Waals surface area (Å²) < 4.78 is 0. The van der Waals surface area contributed by atoms with Crippen molar-refractivity contribution in [2.24, 2.45) is 29.6 Å². The monoisotopic (exact) mass is 293 g/mol. The zero-order chi connectivity index (χ0) is 15.4. The van der Waals surface area contributed by atoms with Gasteiger partial charge in [-0.05, 0) is 42.4 Å². The SMILES string of the molecule is CCCCC(C)C(C(C)C)C1CCCC2NC(=O)CC2C1. The molecule has 0 aromatic carbocycles. The second kappa shape index (κ2) is 7.65. The van der Waals surface area contributed by atoms with Crippen LogP contribution >= 0.6 is 0 Å². The van der Waals surface area contributed by atoms with Gasteiger partial charge in [-0.1, -0.05) is 59.8 Å². The number of hydrogen-bond acceptors (Lipinski definition) is 1. The number of nitrogens with one attached hydrogen (secondary N) is 1. The van der Waals surface area contributed by atoms with Gasteiger partial charge in [-0.2, -0.15) is 0 Å². The molecule has 2 nitrogen and oxygen atoms in total. The Hall–Kier alpha value is -0.530. The minimum atomic E-state index is 0.297. The number of hydrogen-bond donors (Lipinski definition) is 1. The molecule has 2 rings (SSSR count). The predicted octanol–water partition coefficient (Wildman–Crippen LogP) is 4.78. The molecule has 1 saturated carbocycles. The number of rotatable bonds is 6. The zero-order valence-electron chi connectivity index (χ0n) is 14.5. The molecule has 1 saturated heterocycles. The molecule has 0 bridgehead atoms. The molecule has 2 fully saturated rings. The minimum absolute atomic E-state index is 0.297. The summed E-state index contributed by atoms with van der Waals surface area (Å²) in [6, 6.07) is 0.487. The lowest BCUT2D eigenvalue weighted by molar-refractivity contribution is -0.119. The quantitative estimate of drug-likeness (QED) is 0.750. The van der Waals surface area contributed by atoms with Crippen LogP contribution in [0.15, 0.2) is 0 Å². The van der Waals surface area contributed by atoms with Crippen molar-refractivity contribution < 1.29 is 4.79 Å². The van der Waals surface area contributed by atoms with E-state index >= 15 is 0 Å². The van der Waals surface area contributed by atoms with Crippen LogP contribution in [0.5, 0.6) is 0 Å². The summed E-state index contributed by atoms with van der Waals surface area (Å²) in [6.45, 7) is 9.59. The lowest BCUT2D eigenvalue weighted by atomic mass is 9.70. The molecule has 1 heterocycles. The Morgan fingerprint density at radius 1 is 1.24 bits per heavy atom. The predicted molar refractivity (Wildman–Crippen MR) is 89.0 cm³/mol. The van der Waals surface area contributed by atoms with Crippen molar-refractivity contribution >= 4 is 5.91 Å². The molecule has 1 N–H and O–H groups in total. The van der Waals surface area contributed by atoms with Gasteiger partial charge in [0.2, 0.25) is 5.91 Å². The molecule has 0 aromatic rings. The second-order valence-electron chi connectivity index (χ2n) is 8.01. The third-order valence-corrected chi connectivity index (χ3v) is 6.04. The van der Waals surface area contributed by atoms with Crippen LogP contribution < -0.4 is 5.32 Å². The third-order valence-electron chi connectivity index (χ3n) is 6.04. The fraction of sp³-hybridized carbons (Fsp3) is 0.947. The highest BCUT2D eigenvalue weighted by atomic mass is 16.2. The van der Waals surface area contributed by atoms with Gasteiger partial charge in [-0.3, -0.25) is 4.79 Å². The highest BCUT2D eigenvalue weighted by Crippen LogP contribution is 2.42. The van der Waals surface area contributed by atoms with Gasteiger partial charge >= 0.3 is 0 Å². The van der Waals surface area contributed by atoms with Gasteiger partial charge in [0.05, 0.1) is 0 Å². The first-order valence-corrected chi connectivity index (χ1v) is 9.32. The van der Waals surface area contributed by atoms with E-state index in [0.29, 0.717) is 17.9 Å². The third kappa shape index (κ3) is 4.23. The largest absolute Gasteiger partial charge is 0.353 e. The van der Waals surface area contributed by atoms with Crippen LogP contribution in [-0.4, -0.2) is 11.9 Å². The first kappa shape index (κ1) is 16.8. The number of fused-ring (bicyclic) bond motifs is 1. The van der Waals surface area contributed by atoms with E-state index in [4.69, 9.17) is 0 Å². The van der Waals surface area contributed by atoms with Gasteiger partial charge in [0.1, 0.15) is 0 Å². The van der Waals surface area contributed by atoms with E-state index in [1.165, 1.54) is 44.9 Å². The van der Waals surface area contributed by atoms with Gasteiger partial charge in [0, 0.05) is 12.5 Å². The lowest BCUT2D eigenvalue weighted by Crippen LogP contribution is -2.30. The zero-order valence-corrected chi connectivity index (χ0v) is 14.5. The van der Waals surface area contributed by atoms with Gasteiger partial charge in [0.25, 0.3) is 0 Å². The molecule has 1 aliphatic heterocycles. The normalized spacial score (nSPS) is 32.4. The number of unbranched alkanes of at least 4 members (excludes halogenated alkanes) is 1. The van der Waals surface area contributed by atoms with E-state index in [1.54, 1.807) is 0 Å². The van der Waals surface area contributed by atoms with E-state index in [9.17, 15) is 4.79 Å². The molecule has 21 heavy (non-hydrogen) atoms. The lowest BCUT2D eigenvalue weighted by Gasteiger charge is -2.36. The van der Waals surface area contributed by atoms with E-state index in [0.717, 1.165) is 30.1 Å². The topological polar surface area (TPSA) is 29.1 Å². The van der Waals surface area contributed by atoms with Crippen molar-refractivity contribution in [1.29, 1.82) is 0 Å². The highest BCUT2D eigenvalue weighted by Gasteiger charge is 2.39. The summed E-state index contributed by atoms with van der Waals surface area (Å²) >= 11 is 0. The van der Waals surface area contributed by atoms with Crippen LogP contribution in [-0.2, 0) is 4.79 Å². The van der Waals surface area contributed by atoms with Gasteiger partial charge in [-0.15, -0.1) is 0 Å². The summed E-state index contributed by atoms with van der Waals surface area (Å²) in [5.41, 5.74) is 0. The maximum Gasteiger partial charge on any atom is 0.220 e. The van der Waals surface area contributed by atoms with E-state index in [-0.39, 0.29) is 0 Å². The highest BCUT2D eigenvalue weighted by molar-refractivity contribution is 5.79.